The number of nitrogens with zero attached hydrogens (tertiary/aromatic N) is 1. The van der Waals surface area contributed by atoms with Crippen LogP contribution in [0.25, 0.3) is 0 Å². The van der Waals surface area contributed by atoms with E-state index in [-0.39, 0.29) is 23.8 Å². The molecular weight excluding hydrogens is 244 g/mol. The third-order valence-electron chi connectivity index (χ3n) is 3.42. The molecule has 0 aromatic rings. The first-order chi connectivity index (χ1) is 9.10. The Morgan fingerprint density at radius 2 is 2.32 bits per heavy atom. The summed E-state index contributed by atoms with van der Waals surface area (Å²) in [6.07, 6.45) is 3.42. The molecule has 19 heavy (non-hydrogen) atoms. The van der Waals surface area contributed by atoms with Gasteiger partial charge in [0, 0.05) is 13.1 Å². The molecule has 5 heteroatoms. The van der Waals surface area contributed by atoms with Crippen molar-refractivity contribution in [3.8, 4) is 0 Å². The molecule has 0 saturated carbocycles. The molecule has 5 nitrogen and oxygen atoms in total. The molecule has 2 unspecified atom stereocenters. The lowest BCUT2D eigenvalue weighted by atomic mass is 9.97. The number of amides is 1. The van der Waals surface area contributed by atoms with Gasteiger partial charge in [0.15, 0.2) is 0 Å². The maximum absolute atomic E-state index is 11.9. The lowest BCUT2D eigenvalue weighted by Gasteiger charge is -2.34. The zero-order valence-corrected chi connectivity index (χ0v) is 11.9. The van der Waals surface area contributed by atoms with Gasteiger partial charge in [-0.3, -0.25) is 14.5 Å². The number of rotatable bonds is 6. The topological polar surface area (TPSA) is 58.6 Å². The van der Waals surface area contributed by atoms with Crippen LogP contribution in [0.1, 0.15) is 26.7 Å². The van der Waals surface area contributed by atoms with E-state index in [1.54, 1.807) is 6.08 Å². The van der Waals surface area contributed by atoms with Crippen molar-refractivity contribution in [3.63, 3.8) is 0 Å². The number of hydrogen-bond donors (Lipinski definition) is 1. The summed E-state index contributed by atoms with van der Waals surface area (Å²) in [6, 6.07) is -0.225. The minimum absolute atomic E-state index is 0.0237. The zero-order chi connectivity index (χ0) is 14.3. The van der Waals surface area contributed by atoms with E-state index in [1.807, 2.05) is 18.7 Å². The van der Waals surface area contributed by atoms with Crippen LogP contribution in [0.3, 0.4) is 0 Å². The third-order valence-corrected chi connectivity index (χ3v) is 3.42. The van der Waals surface area contributed by atoms with E-state index in [0.717, 1.165) is 19.4 Å². The highest BCUT2D eigenvalue weighted by Gasteiger charge is 2.31. The first-order valence-electron chi connectivity index (χ1n) is 6.89. The summed E-state index contributed by atoms with van der Waals surface area (Å²) < 4.78 is 5.06. The number of likely N-dealkylation sites (tertiary alicyclic amines) is 1. The molecular formula is C14H24N2O3. The van der Waals surface area contributed by atoms with Gasteiger partial charge < -0.3 is 10.1 Å². The predicted molar refractivity (Wildman–Crippen MR) is 73.6 cm³/mol. The molecule has 1 N–H and O–H groups in total. The maximum Gasteiger partial charge on any atom is 0.310 e. The van der Waals surface area contributed by atoms with Crippen molar-refractivity contribution >= 4 is 11.9 Å². The highest BCUT2D eigenvalue weighted by Crippen LogP contribution is 2.19. The van der Waals surface area contributed by atoms with E-state index >= 15 is 0 Å². The van der Waals surface area contributed by atoms with E-state index in [4.69, 9.17) is 4.74 Å². The minimum atomic E-state index is -0.225. The van der Waals surface area contributed by atoms with Gasteiger partial charge in [0.1, 0.15) is 0 Å². The van der Waals surface area contributed by atoms with E-state index in [2.05, 4.69) is 11.9 Å². The Hall–Kier alpha value is -1.36. The standard InChI is InChI=1S/C14H24N2O3/c1-4-8-15-13(17)11(3)16-9-6-7-12(10-16)14(18)19-5-2/h4,11-12H,1,5-10H2,2-3H3,(H,15,17). The zero-order valence-electron chi connectivity index (χ0n) is 11.9. The van der Waals surface area contributed by atoms with Crippen molar-refractivity contribution in [2.45, 2.75) is 32.7 Å². The number of carbonyl (C=O) groups is 2. The largest absolute Gasteiger partial charge is 0.466 e. The van der Waals surface area contributed by atoms with Crippen molar-refractivity contribution in [2.75, 3.05) is 26.2 Å². The number of hydrogen-bond acceptors (Lipinski definition) is 4. The van der Waals surface area contributed by atoms with Gasteiger partial charge >= 0.3 is 5.97 Å². The van der Waals surface area contributed by atoms with E-state index in [0.29, 0.717) is 19.7 Å². The van der Waals surface area contributed by atoms with Crippen molar-refractivity contribution < 1.29 is 14.3 Å². The second kappa shape index (κ2) is 7.94. The average molecular weight is 268 g/mol. The summed E-state index contributed by atoms with van der Waals surface area (Å²) >= 11 is 0. The number of nitrogens with one attached hydrogen (secondary N) is 1. The van der Waals surface area contributed by atoms with Crippen LogP contribution in [0.5, 0.6) is 0 Å². The van der Waals surface area contributed by atoms with Crippen LogP contribution in [0.2, 0.25) is 0 Å². The molecule has 1 rings (SSSR count). The molecule has 0 aromatic heterocycles. The van der Waals surface area contributed by atoms with Crippen LogP contribution < -0.4 is 5.32 Å². The summed E-state index contributed by atoms with van der Waals surface area (Å²) in [5, 5.41) is 2.78. The Kier molecular flexibility index (Phi) is 6.56. The number of ether oxygens (including phenoxy) is 1. The summed E-state index contributed by atoms with van der Waals surface area (Å²) in [6.45, 7) is 9.57. The van der Waals surface area contributed by atoms with Gasteiger partial charge in [-0.1, -0.05) is 6.08 Å². The molecule has 2 atom stereocenters. The molecule has 1 aliphatic heterocycles. The van der Waals surface area contributed by atoms with Crippen LogP contribution in [-0.2, 0) is 14.3 Å². The van der Waals surface area contributed by atoms with Gasteiger partial charge in [0.2, 0.25) is 5.91 Å². The second-order valence-electron chi connectivity index (χ2n) is 4.80. The summed E-state index contributed by atoms with van der Waals surface area (Å²) in [4.78, 5) is 25.7. The van der Waals surface area contributed by atoms with Crippen LogP contribution in [-0.4, -0.2) is 49.1 Å². The van der Waals surface area contributed by atoms with Crippen LogP contribution in [0.15, 0.2) is 12.7 Å². The number of esters is 1. The fraction of sp³-hybridized carbons (Fsp3) is 0.714. The SMILES string of the molecule is C=CCNC(=O)C(C)N1CCCC(C(=O)OCC)C1. The summed E-state index contributed by atoms with van der Waals surface area (Å²) in [7, 11) is 0. The van der Waals surface area contributed by atoms with Gasteiger partial charge in [0.05, 0.1) is 18.6 Å². The predicted octanol–water partition coefficient (Wildman–Crippen LogP) is 0.952. The molecule has 1 aliphatic rings. The Balaban J connectivity index is 2.51. The van der Waals surface area contributed by atoms with Gasteiger partial charge in [0.25, 0.3) is 0 Å². The molecule has 0 radical (unpaired) electrons. The van der Waals surface area contributed by atoms with Crippen molar-refractivity contribution in [1.82, 2.24) is 10.2 Å². The summed E-state index contributed by atoms with van der Waals surface area (Å²) in [5.74, 6) is -0.279. The molecule has 0 aliphatic carbocycles. The Bertz CT molecular complexity index is 331. The maximum atomic E-state index is 11.9. The van der Waals surface area contributed by atoms with E-state index in [9.17, 15) is 9.59 Å². The molecule has 1 saturated heterocycles. The van der Waals surface area contributed by atoms with Crippen LogP contribution in [0.4, 0.5) is 0 Å². The Morgan fingerprint density at radius 1 is 1.58 bits per heavy atom. The van der Waals surface area contributed by atoms with E-state index < -0.39 is 0 Å². The van der Waals surface area contributed by atoms with Crippen LogP contribution in [0, 0.1) is 5.92 Å². The van der Waals surface area contributed by atoms with Gasteiger partial charge in [-0.05, 0) is 33.2 Å². The first kappa shape index (κ1) is 15.7. The Morgan fingerprint density at radius 3 is 2.95 bits per heavy atom. The highest BCUT2D eigenvalue weighted by molar-refractivity contribution is 5.81. The monoisotopic (exact) mass is 268 g/mol. The van der Waals surface area contributed by atoms with Gasteiger partial charge in [-0.15, -0.1) is 6.58 Å². The average Bonchev–Trinajstić information content (AvgIpc) is 2.44. The lowest BCUT2D eigenvalue weighted by Crippen LogP contribution is -2.50. The quantitative estimate of drug-likeness (QED) is 0.575. The second-order valence-corrected chi connectivity index (χ2v) is 4.80. The normalized spacial score (nSPS) is 21.5. The lowest BCUT2D eigenvalue weighted by molar-refractivity contribution is -0.151. The fourth-order valence-electron chi connectivity index (χ4n) is 2.30. The molecule has 0 bridgehead atoms. The number of carbonyl (C=O) groups excluding carboxylic acids is 2. The van der Waals surface area contributed by atoms with Crippen molar-refractivity contribution in [2.24, 2.45) is 5.92 Å². The molecule has 1 heterocycles. The first-order valence-corrected chi connectivity index (χ1v) is 6.89. The minimum Gasteiger partial charge on any atom is -0.466 e. The van der Waals surface area contributed by atoms with Gasteiger partial charge in [-0.2, -0.15) is 0 Å². The van der Waals surface area contributed by atoms with Crippen LogP contribution >= 0.6 is 0 Å². The van der Waals surface area contributed by atoms with E-state index in [1.165, 1.54) is 0 Å². The highest BCUT2D eigenvalue weighted by atomic mass is 16.5. The summed E-state index contributed by atoms with van der Waals surface area (Å²) in [5.41, 5.74) is 0. The molecule has 108 valence electrons. The molecule has 0 spiro atoms. The van der Waals surface area contributed by atoms with Crippen molar-refractivity contribution in [3.05, 3.63) is 12.7 Å². The third kappa shape index (κ3) is 4.67. The number of piperidine rings is 1. The molecule has 1 fully saturated rings. The van der Waals surface area contributed by atoms with Crippen molar-refractivity contribution in [1.29, 1.82) is 0 Å². The van der Waals surface area contributed by atoms with Gasteiger partial charge in [-0.25, -0.2) is 0 Å². The smallest absolute Gasteiger partial charge is 0.310 e. The molecule has 0 aromatic carbocycles. The fourth-order valence-corrected chi connectivity index (χ4v) is 2.30. The Labute approximate surface area is 115 Å². The molecule has 1 amide bonds.